The summed E-state index contributed by atoms with van der Waals surface area (Å²) in [4.78, 5) is 0. The molecule has 1 rings (SSSR count). The lowest BCUT2D eigenvalue weighted by atomic mass is 9.76. The van der Waals surface area contributed by atoms with Crippen molar-refractivity contribution in [1.82, 2.24) is 15.0 Å². The van der Waals surface area contributed by atoms with E-state index < -0.39 is 0 Å². The summed E-state index contributed by atoms with van der Waals surface area (Å²) in [7, 11) is 2.00. The zero-order chi connectivity index (χ0) is 15.0. The first-order chi connectivity index (χ1) is 9.55. The molecule has 0 aliphatic rings. The molecule has 1 unspecified atom stereocenters. The van der Waals surface area contributed by atoms with Crippen LogP contribution in [0.25, 0.3) is 0 Å². The SMILES string of the molecule is CCCCCCC(C)(CCCCC)c1nnn(C)c1C. The summed E-state index contributed by atoms with van der Waals surface area (Å²) in [5.74, 6) is 0. The Balaban J connectivity index is 2.74. The summed E-state index contributed by atoms with van der Waals surface area (Å²) in [5.41, 5.74) is 2.67. The highest BCUT2D eigenvalue weighted by molar-refractivity contribution is 5.19. The molecule has 0 bridgehead atoms. The third-order valence-electron chi connectivity index (χ3n) is 4.59. The lowest BCUT2D eigenvalue weighted by Crippen LogP contribution is -2.24. The van der Waals surface area contributed by atoms with Crippen molar-refractivity contribution in [3.05, 3.63) is 11.4 Å². The number of aryl methyl sites for hydroxylation is 1. The van der Waals surface area contributed by atoms with Crippen molar-refractivity contribution < 1.29 is 0 Å². The first kappa shape index (κ1) is 17.2. The number of nitrogens with zero attached hydrogens (tertiary/aromatic N) is 3. The Morgan fingerprint density at radius 2 is 1.50 bits per heavy atom. The van der Waals surface area contributed by atoms with Crippen molar-refractivity contribution in [2.45, 2.75) is 90.9 Å². The molecule has 0 aliphatic heterocycles. The quantitative estimate of drug-likeness (QED) is 0.568. The Labute approximate surface area is 125 Å². The lowest BCUT2D eigenvalue weighted by molar-refractivity contribution is 0.355. The van der Waals surface area contributed by atoms with Crippen LogP contribution < -0.4 is 0 Å². The number of aromatic nitrogens is 3. The van der Waals surface area contributed by atoms with Crippen molar-refractivity contribution in [3.63, 3.8) is 0 Å². The topological polar surface area (TPSA) is 30.7 Å². The van der Waals surface area contributed by atoms with Crippen molar-refractivity contribution in [2.24, 2.45) is 7.05 Å². The maximum atomic E-state index is 4.48. The van der Waals surface area contributed by atoms with Gasteiger partial charge in [0.05, 0.1) is 11.4 Å². The summed E-state index contributed by atoms with van der Waals surface area (Å²) < 4.78 is 1.92. The highest BCUT2D eigenvalue weighted by Crippen LogP contribution is 2.35. The molecule has 0 N–H and O–H groups in total. The Morgan fingerprint density at radius 1 is 0.950 bits per heavy atom. The van der Waals surface area contributed by atoms with Crippen LogP contribution in [0.15, 0.2) is 0 Å². The smallest absolute Gasteiger partial charge is 0.0914 e. The number of hydrogen-bond donors (Lipinski definition) is 0. The van der Waals surface area contributed by atoms with Crippen LogP contribution in [0.5, 0.6) is 0 Å². The molecule has 0 spiro atoms. The van der Waals surface area contributed by atoms with Crippen LogP contribution in [-0.4, -0.2) is 15.0 Å². The average Bonchev–Trinajstić information content (AvgIpc) is 2.76. The normalized spacial score (nSPS) is 14.4. The van der Waals surface area contributed by atoms with E-state index in [4.69, 9.17) is 0 Å². The van der Waals surface area contributed by atoms with E-state index in [1.807, 2.05) is 11.7 Å². The second-order valence-corrected chi connectivity index (χ2v) is 6.48. The fraction of sp³-hybridized carbons (Fsp3) is 0.882. The van der Waals surface area contributed by atoms with Crippen molar-refractivity contribution >= 4 is 0 Å². The summed E-state index contributed by atoms with van der Waals surface area (Å²) >= 11 is 0. The maximum Gasteiger partial charge on any atom is 0.0914 e. The second kappa shape index (κ2) is 8.43. The van der Waals surface area contributed by atoms with Gasteiger partial charge in [-0.15, -0.1) is 5.10 Å². The van der Waals surface area contributed by atoms with Crippen LogP contribution >= 0.6 is 0 Å². The van der Waals surface area contributed by atoms with Crippen molar-refractivity contribution in [2.75, 3.05) is 0 Å². The van der Waals surface area contributed by atoms with E-state index in [0.717, 1.165) is 0 Å². The molecule has 1 heterocycles. The minimum atomic E-state index is 0.210. The van der Waals surface area contributed by atoms with Gasteiger partial charge in [0.2, 0.25) is 0 Å². The van der Waals surface area contributed by atoms with Gasteiger partial charge in [-0.25, -0.2) is 0 Å². The van der Waals surface area contributed by atoms with Gasteiger partial charge in [-0.05, 0) is 19.8 Å². The van der Waals surface area contributed by atoms with Gasteiger partial charge in [-0.2, -0.15) is 0 Å². The summed E-state index contributed by atoms with van der Waals surface area (Å²) in [6.45, 7) is 9.09. The Kier molecular flexibility index (Phi) is 7.25. The van der Waals surface area contributed by atoms with Gasteiger partial charge in [0.1, 0.15) is 0 Å². The van der Waals surface area contributed by atoms with E-state index in [1.54, 1.807) is 0 Å². The van der Waals surface area contributed by atoms with Crippen LogP contribution in [0.3, 0.4) is 0 Å². The molecule has 0 amide bonds. The highest BCUT2D eigenvalue weighted by Gasteiger charge is 2.30. The molecular formula is C17H33N3. The van der Waals surface area contributed by atoms with Gasteiger partial charge >= 0.3 is 0 Å². The Morgan fingerprint density at radius 3 is 2.00 bits per heavy atom. The molecule has 0 fully saturated rings. The molecular weight excluding hydrogens is 246 g/mol. The predicted octanol–water partition coefficient (Wildman–Crippen LogP) is 4.93. The fourth-order valence-electron chi connectivity index (χ4n) is 3.03. The monoisotopic (exact) mass is 279 g/mol. The van der Waals surface area contributed by atoms with Gasteiger partial charge in [0, 0.05) is 12.5 Å². The van der Waals surface area contributed by atoms with E-state index in [2.05, 4.69) is 38.0 Å². The summed E-state index contributed by atoms with van der Waals surface area (Å²) in [6.07, 6.45) is 11.7. The average molecular weight is 279 g/mol. The molecule has 3 nitrogen and oxygen atoms in total. The number of rotatable bonds is 10. The van der Waals surface area contributed by atoms with Crippen LogP contribution in [0, 0.1) is 6.92 Å². The minimum Gasteiger partial charge on any atom is -0.252 e. The molecule has 0 aliphatic carbocycles. The van der Waals surface area contributed by atoms with E-state index in [0.29, 0.717) is 0 Å². The summed E-state index contributed by atoms with van der Waals surface area (Å²) in [5, 5.41) is 8.70. The predicted molar refractivity (Wildman–Crippen MR) is 86.0 cm³/mol. The van der Waals surface area contributed by atoms with Gasteiger partial charge in [-0.1, -0.05) is 70.9 Å². The molecule has 20 heavy (non-hydrogen) atoms. The van der Waals surface area contributed by atoms with E-state index >= 15 is 0 Å². The molecule has 0 saturated heterocycles. The van der Waals surface area contributed by atoms with Crippen LogP contribution in [0.1, 0.15) is 89.9 Å². The molecule has 0 aromatic carbocycles. The zero-order valence-corrected chi connectivity index (χ0v) is 14.2. The van der Waals surface area contributed by atoms with Crippen LogP contribution in [-0.2, 0) is 12.5 Å². The van der Waals surface area contributed by atoms with E-state index in [1.165, 1.54) is 69.2 Å². The van der Waals surface area contributed by atoms with Crippen LogP contribution in [0.4, 0.5) is 0 Å². The highest BCUT2D eigenvalue weighted by atomic mass is 15.4. The molecule has 3 heteroatoms. The van der Waals surface area contributed by atoms with Crippen molar-refractivity contribution in [3.8, 4) is 0 Å². The molecule has 1 aromatic heterocycles. The van der Waals surface area contributed by atoms with E-state index in [-0.39, 0.29) is 5.41 Å². The van der Waals surface area contributed by atoms with Gasteiger partial charge in [0.25, 0.3) is 0 Å². The standard InChI is InChI=1S/C17H33N3/c1-6-8-10-12-14-17(4,13-11-9-7-2)16-15(3)20(5)19-18-16/h6-14H2,1-5H3. The van der Waals surface area contributed by atoms with Crippen molar-refractivity contribution in [1.29, 1.82) is 0 Å². The van der Waals surface area contributed by atoms with Gasteiger partial charge in [-0.3, -0.25) is 4.68 Å². The third kappa shape index (κ3) is 4.60. The van der Waals surface area contributed by atoms with Gasteiger partial charge in [0.15, 0.2) is 0 Å². The van der Waals surface area contributed by atoms with Gasteiger partial charge < -0.3 is 0 Å². The minimum absolute atomic E-state index is 0.210. The largest absolute Gasteiger partial charge is 0.252 e. The third-order valence-corrected chi connectivity index (χ3v) is 4.59. The first-order valence-corrected chi connectivity index (χ1v) is 8.42. The number of hydrogen-bond acceptors (Lipinski definition) is 2. The van der Waals surface area contributed by atoms with E-state index in [9.17, 15) is 0 Å². The first-order valence-electron chi connectivity index (χ1n) is 8.42. The molecule has 0 radical (unpaired) electrons. The molecule has 1 aromatic rings. The fourth-order valence-corrected chi connectivity index (χ4v) is 3.03. The van der Waals surface area contributed by atoms with Crippen LogP contribution in [0.2, 0.25) is 0 Å². The number of unbranched alkanes of at least 4 members (excludes halogenated alkanes) is 5. The summed E-state index contributed by atoms with van der Waals surface area (Å²) in [6, 6.07) is 0. The molecule has 1 atom stereocenters. The Bertz CT molecular complexity index is 384. The maximum absolute atomic E-state index is 4.48. The lowest BCUT2D eigenvalue weighted by Gasteiger charge is -2.28. The second-order valence-electron chi connectivity index (χ2n) is 6.48. The molecule has 116 valence electrons. The Hall–Kier alpha value is -0.860. The zero-order valence-electron chi connectivity index (χ0n) is 14.2. The molecule has 0 saturated carbocycles.